The number of carbonyl (C=O) groups is 2. The molecule has 0 aliphatic carbocycles. The first-order chi connectivity index (χ1) is 7.83. The van der Waals surface area contributed by atoms with Crippen LogP contribution < -0.4 is 10.6 Å². The number of hydrogen-bond acceptors (Lipinski definition) is 2. The summed E-state index contributed by atoms with van der Waals surface area (Å²) in [6.07, 6.45) is 0. The van der Waals surface area contributed by atoms with Crippen LogP contribution in [0.1, 0.15) is 13.8 Å². The normalized spacial score (nSPS) is 10.8. The molecule has 3 N–H and O–H groups in total. The summed E-state index contributed by atoms with van der Waals surface area (Å²) < 4.78 is 13.2. The minimum Gasteiger partial charge on any atom is -0.480 e. The highest BCUT2D eigenvalue weighted by molar-refractivity contribution is 5.93. The molecule has 0 radical (unpaired) electrons. The van der Waals surface area contributed by atoms with Crippen LogP contribution in [-0.2, 0) is 4.79 Å². The Morgan fingerprint density at radius 3 is 2.41 bits per heavy atom. The number of anilines is 1. The van der Waals surface area contributed by atoms with Gasteiger partial charge in [-0.3, -0.25) is 0 Å². The summed E-state index contributed by atoms with van der Waals surface area (Å²) in [4.78, 5) is 22.2. The van der Waals surface area contributed by atoms with Crippen molar-refractivity contribution in [1.82, 2.24) is 5.32 Å². The van der Waals surface area contributed by atoms with Crippen LogP contribution in [0.15, 0.2) is 24.3 Å². The molecular formula is C11H13FN2O3. The van der Waals surface area contributed by atoms with Gasteiger partial charge in [0.2, 0.25) is 0 Å². The van der Waals surface area contributed by atoms with Crippen LogP contribution in [0.2, 0.25) is 0 Å². The number of aliphatic carboxylic acids is 1. The van der Waals surface area contributed by atoms with E-state index in [1.807, 2.05) is 0 Å². The first kappa shape index (κ1) is 13.0. The minimum atomic E-state index is -1.42. The average molecular weight is 240 g/mol. The molecule has 0 unspecified atom stereocenters. The summed E-state index contributed by atoms with van der Waals surface area (Å²) in [6.45, 7) is 2.66. The van der Waals surface area contributed by atoms with Gasteiger partial charge in [0.05, 0.1) is 5.69 Å². The quantitative estimate of drug-likeness (QED) is 0.753. The average Bonchev–Trinajstić information content (AvgIpc) is 2.20. The monoisotopic (exact) mass is 240 g/mol. The number of carbonyl (C=O) groups excluding carboxylic acids is 1. The summed E-state index contributed by atoms with van der Waals surface area (Å²) >= 11 is 0. The van der Waals surface area contributed by atoms with Gasteiger partial charge in [-0.2, -0.15) is 0 Å². The Hall–Kier alpha value is -2.11. The second-order valence-corrected chi connectivity index (χ2v) is 3.99. The van der Waals surface area contributed by atoms with Gasteiger partial charge in [0.25, 0.3) is 0 Å². The van der Waals surface area contributed by atoms with E-state index in [1.165, 1.54) is 32.0 Å². The molecule has 2 amide bonds. The minimum absolute atomic E-state index is 0.00816. The lowest BCUT2D eigenvalue weighted by molar-refractivity contribution is -0.142. The fourth-order valence-corrected chi connectivity index (χ4v) is 1.05. The van der Waals surface area contributed by atoms with Crippen LogP contribution in [0.25, 0.3) is 0 Å². The Labute approximate surface area is 97.6 Å². The number of hydrogen-bond donors (Lipinski definition) is 3. The lowest BCUT2D eigenvalue weighted by atomic mass is 10.1. The SMILES string of the molecule is CC(C)(NC(=O)Nc1ccccc1F)C(=O)O. The van der Waals surface area contributed by atoms with Gasteiger partial charge in [0, 0.05) is 0 Å². The Morgan fingerprint density at radius 2 is 1.88 bits per heavy atom. The van der Waals surface area contributed by atoms with Crippen molar-refractivity contribution in [3.8, 4) is 0 Å². The third-order valence-electron chi connectivity index (χ3n) is 2.08. The van der Waals surface area contributed by atoms with E-state index >= 15 is 0 Å². The number of carboxylic acids is 1. The van der Waals surface area contributed by atoms with E-state index < -0.39 is 23.4 Å². The summed E-state index contributed by atoms with van der Waals surface area (Å²) in [7, 11) is 0. The third-order valence-corrected chi connectivity index (χ3v) is 2.08. The maximum Gasteiger partial charge on any atom is 0.328 e. The van der Waals surface area contributed by atoms with Gasteiger partial charge in [-0.25, -0.2) is 14.0 Å². The molecule has 6 heteroatoms. The maximum atomic E-state index is 13.2. The van der Waals surface area contributed by atoms with Gasteiger partial charge in [-0.05, 0) is 26.0 Å². The van der Waals surface area contributed by atoms with E-state index in [0.29, 0.717) is 0 Å². The molecule has 0 aliphatic rings. The fraction of sp³-hybridized carbons (Fsp3) is 0.273. The molecule has 0 aromatic heterocycles. The van der Waals surface area contributed by atoms with E-state index in [9.17, 15) is 14.0 Å². The molecule has 0 saturated carbocycles. The first-order valence-electron chi connectivity index (χ1n) is 4.90. The molecule has 1 aromatic carbocycles. The molecule has 0 saturated heterocycles. The molecule has 1 rings (SSSR count). The zero-order valence-corrected chi connectivity index (χ0v) is 9.45. The number of halogens is 1. The van der Waals surface area contributed by atoms with Crippen LogP contribution >= 0.6 is 0 Å². The van der Waals surface area contributed by atoms with E-state index in [4.69, 9.17) is 5.11 Å². The zero-order chi connectivity index (χ0) is 13.1. The van der Waals surface area contributed by atoms with Gasteiger partial charge >= 0.3 is 12.0 Å². The van der Waals surface area contributed by atoms with E-state index in [-0.39, 0.29) is 5.69 Å². The molecule has 0 aliphatic heterocycles. The third kappa shape index (κ3) is 3.44. The summed E-state index contributed by atoms with van der Waals surface area (Å²) in [5.41, 5.74) is -1.43. The van der Waals surface area contributed by atoms with Crippen molar-refractivity contribution in [2.45, 2.75) is 19.4 Å². The highest BCUT2D eigenvalue weighted by atomic mass is 19.1. The molecule has 92 valence electrons. The van der Waals surface area contributed by atoms with Crippen LogP contribution in [0.5, 0.6) is 0 Å². The van der Waals surface area contributed by atoms with E-state index in [0.717, 1.165) is 0 Å². The molecule has 5 nitrogen and oxygen atoms in total. The predicted molar refractivity (Wildman–Crippen MR) is 60.3 cm³/mol. The number of benzene rings is 1. The van der Waals surface area contributed by atoms with Crippen LogP contribution in [0, 0.1) is 5.82 Å². The first-order valence-corrected chi connectivity index (χ1v) is 4.90. The molecule has 1 aromatic rings. The second kappa shape index (κ2) is 4.82. The number of carboxylic acid groups (broad SMARTS) is 1. The Balaban J connectivity index is 2.69. The smallest absolute Gasteiger partial charge is 0.328 e. The van der Waals surface area contributed by atoms with Crippen LogP contribution in [-0.4, -0.2) is 22.6 Å². The summed E-state index contributed by atoms with van der Waals surface area (Å²) in [6, 6.07) is 4.84. The molecule has 0 bridgehead atoms. The Morgan fingerprint density at radius 1 is 1.29 bits per heavy atom. The number of amides is 2. The fourth-order valence-electron chi connectivity index (χ4n) is 1.05. The Bertz CT molecular complexity index is 446. The predicted octanol–water partition coefficient (Wildman–Crippen LogP) is 1.81. The Kier molecular flexibility index (Phi) is 3.67. The number of nitrogens with one attached hydrogen (secondary N) is 2. The maximum absolute atomic E-state index is 13.2. The number of para-hydroxylation sites is 1. The van der Waals surface area contributed by atoms with Gasteiger partial charge in [0.15, 0.2) is 0 Å². The van der Waals surface area contributed by atoms with Gasteiger partial charge in [-0.15, -0.1) is 0 Å². The van der Waals surface area contributed by atoms with Crippen LogP contribution in [0.4, 0.5) is 14.9 Å². The number of urea groups is 1. The van der Waals surface area contributed by atoms with Gasteiger partial charge < -0.3 is 15.7 Å². The van der Waals surface area contributed by atoms with Gasteiger partial charge in [0.1, 0.15) is 11.4 Å². The van der Waals surface area contributed by atoms with E-state index in [1.54, 1.807) is 6.07 Å². The molecule has 0 spiro atoms. The molecule has 0 heterocycles. The summed E-state index contributed by atoms with van der Waals surface area (Å²) in [5, 5.41) is 13.2. The van der Waals surface area contributed by atoms with Crippen molar-refractivity contribution < 1.29 is 19.1 Å². The largest absolute Gasteiger partial charge is 0.480 e. The van der Waals surface area contributed by atoms with Crippen molar-refractivity contribution >= 4 is 17.7 Å². The van der Waals surface area contributed by atoms with Crippen LogP contribution in [0.3, 0.4) is 0 Å². The highest BCUT2D eigenvalue weighted by Gasteiger charge is 2.29. The van der Waals surface area contributed by atoms with Crippen molar-refractivity contribution in [2.75, 3.05) is 5.32 Å². The number of rotatable bonds is 3. The van der Waals surface area contributed by atoms with Gasteiger partial charge in [-0.1, -0.05) is 12.1 Å². The van der Waals surface area contributed by atoms with Crippen molar-refractivity contribution in [3.05, 3.63) is 30.1 Å². The van der Waals surface area contributed by atoms with E-state index in [2.05, 4.69) is 10.6 Å². The highest BCUT2D eigenvalue weighted by Crippen LogP contribution is 2.12. The molecular weight excluding hydrogens is 227 g/mol. The topological polar surface area (TPSA) is 78.4 Å². The summed E-state index contributed by atoms with van der Waals surface area (Å²) in [5.74, 6) is -1.77. The zero-order valence-electron chi connectivity index (χ0n) is 9.45. The second-order valence-electron chi connectivity index (χ2n) is 3.99. The van der Waals surface area contributed by atoms with Crippen molar-refractivity contribution in [3.63, 3.8) is 0 Å². The van der Waals surface area contributed by atoms with Crippen molar-refractivity contribution in [2.24, 2.45) is 0 Å². The molecule has 17 heavy (non-hydrogen) atoms. The van der Waals surface area contributed by atoms with Crippen molar-refractivity contribution in [1.29, 1.82) is 0 Å². The molecule has 0 fully saturated rings. The lowest BCUT2D eigenvalue weighted by Gasteiger charge is -2.21. The molecule has 0 atom stereocenters. The standard InChI is InChI=1S/C11H13FN2O3/c1-11(2,9(15)16)14-10(17)13-8-6-4-3-5-7(8)12/h3-6H,1-2H3,(H,15,16)(H2,13,14,17). The lowest BCUT2D eigenvalue weighted by Crippen LogP contribution is -2.51.